The third kappa shape index (κ3) is 3.24. The highest BCUT2D eigenvalue weighted by molar-refractivity contribution is 5.46. The molecule has 0 aromatic heterocycles. The Morgan fingerprint density at radius 3 is 1.94 bits per heavy atom. The highest BCUT2D eigenvalue weighted by Crippen LogP contribution is 2.20. The Morgan fingerprint density at radius 2 is 1.56 bits per heavy atom. The average molecular weight is 220 g/mol. The molecule has 0 unspecified atom stereocenters. The molecule has 0 saturated carbocycles. The van der Waals surface area contributed by atoms with E-state index >= 15 is 0 Å². The first-order valence-electron chi connectivity index (χ1n) is 6.06. The van der Waals surface area contributed by atoms with Gasteiger partial charge >= 0.3 is 0 Å². The Kier molecular flexibility index (Phi) is 4.36. The molecule has 2 N–H and O–H groups in total. The van der Waals surface area contributed by atoms with Gasteiger partial charge < -0.3 is 10.6 Å². The number of hydrogen-bond donors (Lipinski definition) is 1. The summed E-state index contributed by atoms with van der Waals surface area (Å²) in [5.41, 5.74) is 8.84. The van der Waals surface area contributed by atoms with Gasteiger partial charge in [-0.3, -0.25) is 0 Å². The fraction of sp³-hybridized carbons (Fsp3) is 0.571. The zero-order chi connectivity index (χ0) is 12.2. The predicted octanol–water partition coefficient (Wildman–Crippen LogP) is 2.81. The van der Waals surface area contributed by atoms with E-state index in [0.29, 0.717) is 0 Å². The van der Waals surface area contributed by atoms with E-state index in [2.05, 4.69) is 57.1 Å². The van der Waals surface area contributed by atoms with E-state index in [-0.39, 0.29) is 5.54 Å². The van der Waals surface area contributed by atoms with Gasteiger partial charge in [0.05, 0.1) is 0 Å². The Labute approximate surface area is 99.5 Å². The van der Waals surface area contributed by atoms with Crippen LogP contribution in [0.3, 0.4) is 0 Å². The zero-order valence-corrected chi connectivity index (χ0v) is 11.0. The maximum atomic E-state index is 6.32. The molecule has 0 aliphatic heterocycles. The summed E-state index contributed by atoms with van der Waals surface area (Å²) in [6, 6.07) is 8.67. The molecule has 0 amide bonds. The molecule has 0 spiro atoms. The van der Waals surface area contributed by atoms with Gasteiger partial charge in [0.2, 0.25) is 0 Å². The second kappa shape index (κ2) is 5.35. The summed E-state index contributed by atoms with van der Waals surface area (Å²) in [5, 5.41) is 0. The van der Waals surface area contributed by atoms with Gasteiger partial charge in [-0.2, -0.15) is 0 Å². The quantitative estimate of drug-likeness (QED) is 0.826. The normalized spacial score (nSPS) is 11.6. The highest BCUT2D eigenvalue weighted by Gasteiger charge is 2.20. The van der Waals surface area contributed by atoms with E-state index in [1.165, 1.54) is 11.3 Å². The minimum Gasteiger partial charge on any atom is -0.378 e. The summed E-state index contributed by atoms with van der Waals surface area (Å²) >= 11 is 0. The van der Waals surface area contributed by atoms with Gasteiger partial charge in [0.15, 0.2) is 0 Å². The molecule has 1 aromatic carbocycles. The molecule has 2 nitrogen and oxygen atoms in total. The second-order valence-electron chi connectivity index (χ2n) is 4.81. The molecular weight excluding hydrogens is 196 g/mol. The lowest BCUT2D eigenvalue weighted by molar-refractivity contribution is 0.393. The van der Waals surface area contributed by atoms with Crippen molar-refractivity contribution in [1.82, 2.24) is 0 Å². The second-order valence-corrected chi connectivity index (χ2v) is 4.81. The first-order valence-corrected chi connectivity index (χ1v) is 6.06. The predicted molar refractivity (Wildman–Crippen MR) is 72.0 cm³/mol. The molecule has 0 aliphatic rings. The first kappa shape index (κ1) is 13.0. The van der Waals surface area contributed by atoms with Crippen LogP contribution in [0, 0.1) is 0 Å². The Bertz CT molecular complexity index is 310. The van der Waals surface area contributed by atoms with Crippen LogP contribution in [0.25, 0.3) is 0 Å². The summed E-state index contributed by atoms with van der Waals surface area (Å²) in [4.78, 5) is 2.11. The first-order chi connectivity index (χ1) is 7.50. The number of hydrogen-bond acceptors (Lipinski definition) is 2. The smallest absolute Gasteiger partial charge is 0.0361 e. The fourth-order valence-electron chi connectivity index (χ4n) is 1.82. The standard InChI is InChI=1S/C14H24N2/c1-5-14(15,6-2)11-12-7-9-13(10-8-12)16(3)4/h7-10H,5-6,11,15H2,1-4H3. The van der Waals surface area contributed by atoms with E-state index in [1.54, 1.807) is 0 Å². The van der Waals surface area contributed by atoms with Gasteiger partial charge in [0.1, 0.15) is 0 Å². The third-order valence-electron chi connectivity index (χ3n) is 3.42. The maximum absolute atomic E-state index is 6.32. The van der Waals surface area contributed by atoms with Crippen LogP contribution in [0.4, 0.5) is 5.69 Å². The van der Waals surface area contributed by atoms with Crippen LogP contribution in [-0.4, -0.2) is 19.6 Å². The SMILES string of the molecule is CCC(N)(CC)Cc1ccc(N(C)C)cc1. The summed E-state index contributed by atoms with van der Waals surface area (Å²) in [7, 11) is 4.11. The van der Waals surface area contributed by atoms with Gasteiger partial charge in [-0.05, 0) is 37.0 Å². The molecule has 0 atom stereocenters. The highest BCUT2D eigenvalue weighted by atomic mass is 15.1. The number of anilines is 1. The molecule has 0 heterocycles. The number of nitrogens with two attached hydrogens (primary N) is 1. The molecule has 1 rings (SSSR count). The summed E-state index contributed by atoms with van der Waals surface area (Å²) in [6.45, 7) is 4.33. The average Bonchev–Trinajstić information content (AvgIpc) is 2.29. The molecule has 0 aliphatic carbocycles. The fourth-order valence-corrected chi connectivity index (χ4v) is 1.82. The molecule has 16 heavy (non-hydrogen) atoms. The summed E-state index contributed by atoms with van der Waals surface area (Å²) in [6.07, 6.45) is 3.02. The van der Waals surface area contributed by atoms with Gasteiger partial charge in [-0.15, -0.1) is 0 Å². The van der Waals surface area contributed by atoms with Crippen LogP contribution >= 0.6 is 0 Å². The van der Waals surface area contributed by atoms with E-state index in [1.807, 2.05) is 0 Å². The lowest BCUT2D eigenvalue weighted by atomic mass is 9.87. The van der Waals surface area contributed by atoms with E-state index in [9.17, 15) is 0 Å². The van der Waals surface area contributed by atoms with Crippen LogP contribution in [0.1, 0.15) is 32.3 Å². The van der Waals surface area contributed by atoms with Gasteiger partial charge in [-0.1, -0.05) is 26.0 Å². The van der Waals surface area contributed by atoms with Crippen molar-refractivity contribution in [3.63, 3.8) is 0 Å². The van der Waals surface area contributed by atoms with E-state index in [0.717, 1.165) is 19.3 Å². The Balaban J connectivity index is 2.75. The zero-order valence-electron chi connectivity index (χ0n) is 11.0. The molecule has 0 bridgehead atoms. The van der Waals surface area contributed by atoms with Crippen molar-refractivity contribution in [2.45, 2.75) is 38.6 Å². The van der Waals surface area contributed by atoms with Gasteiger partial charge in [0, 0.05) is 25.3 Å². The van der Waals surface area contributed by atoms with Crippen molar-refractivity contribution < 1.29 is 0 Å². The molecule has 0 radical (unpaired) electrons. The molecule has 0 saturated heterocycles. The van der Waals surface area contributed by atoms with Crippen LogP contribution in [0.15, 0.2) is 24.3 Å². The van der Waals surface area contributed by atoms with Crippen molar-refractivity contribution in [2.75, 3.05) is 19.0 Å². The largest absolute Gasteiger partial charge is 0.378 e. The lowest BCUT2D eigenvalue weighted by Crippen LogP contribution is -2.40. The van der Waals surface area contributed by atoms with E-state index < -0.39 is 0 Å². The monoisotopic (exact) mass is 220 g/mol. The number of nitrogens with zero attached hydrogens (tertiary/aromatic N) is 1. The van der Waals surface area contributed by atoms with Gasteiger partial charge in [0.25, 0.3) is 0 Å². The minimum atomic E-state index is -0.0420. The topological polar surface area (TPSA) is 29.3 Å². The van der Waals surface area contributed by atoms with Crippen molar-refractivity contribution >= 4 is 5.69 Å². The lowest BCUT2D eigenvalue weighted by Gasteiger charge is -2.27. The summed E-state index contributed by atoms with van der Waals surface area (Å²) < 4.78 is 0. The van der Waals surface area contributed by atoms with Crippen molar-refractivity contribution in [3.05, 3.63) is 29.8 Å². The van der Waals surface area contributed by atoms with Crippen molar-refractivity contribution in [3.8, 4) is 0 Å². The van der Waals surface area contributed by atoms with Crippen LogP contribution < -0.4 is 10.6 Å². The molecular formula is C14H24N2. The molecule has 2 heteroatoms. The molecule has 90 valence electrons. The van der Waals surface area contributed by atoms with Gasteiger partial charge in [-0.25, -0.2) is 0 Å². The van der Waals surface area contributed by atoms with E-state index in [4.69, 9.17) is 5.73 Å². The van der Waals surface area contributed by atoms with Crippen LogP contribution in [0.5, 0.6) is 0 Å². The number of benzene rings is 1. The van der Waals surface area contributed by atoms with Crippen molar-refractivity contribution in [1.29, 1.82) is 0 Å². The summed E-state index contributed by atoms with van der Waals surface area (Å²) in [5.74, 6) is 0. The van der Waals surface area contributed by atoms with Crippen molar-refractivity contribution in [2.24, 2.45) is 5.73 Å². The Morgan fingerprint density at radius 1 is 1.06 bits per heavy atom. The Hall–Kier alpha value is -1.02. The molecule has 0 fully saturated rings. The molecule has 1 aromatic rings. The van der Waals surface area contributed by atoms with Crippen LogP contribution in [0.2, 0.25) is 0 Å². The van der Waals surface area contributed by atoms with Crippen LogP contribution in [-0.2, 0) is 6.42 Å². The minimum absolute atomic E-state index is 0.0420. The third-order valence-corrected chi connectivity index (χ3v) is 3.42. The number of rotatable bonds is 5. The maximum Gasteiger partial charge on any atom is 0.0361 e.